The van der Waals surface area contributed by atoms with Gasteiger partial charge in [-0.25, -0.2) is 0 Å². The number of nitrogens with one attached hydrogen (secondary N) is 2. The van der Waals surface area contributed by atoms with Crippen molar-refractivity contribution in [2.75, 3.05) is 44.7 Å². The molecule has 3 amide bonds. The SMILES string of the molecule is COc1cccc(C(=O)NC2CC3(CCN(CC4CCN(c5ccc(C6CCC(=O)NC6=O)nc5C)CC4)CC3)C2)c1. The highest BCUT2D eigenvalue weighted by Crippen LogP contribution is 2.49. The maximum Gasteiger partial charge on any atom is 0.251 e. The molecule has 1 saturated carbocycles. The zero-order chi connectivity index (χ0) is 29.3. The Hall–Kier alpha value is -3.46. The van der Waals surface area contributed by atoms with E-state index in [0.717, 1.165) is 56.1 Å². The molecule has 1 aliphatic carbocycles. The number of amides is 3. The van der Waals surface area contributed by atoms with E-state index < -0.39 is 0 Å². The number of pyridine rings is 1. The summed E-state index contributed by atoms with van der Waals surface area (Å²) in [6.45, 7) is 7.55. The van der Waals surface area contributed by atoms with Gasteiger partial charge in [0.1, 0.15) is 5.75 Å². The van der Waals surface area contributed by atoms with Crippen molar-refractivity contribution >= 4 is 23.4 Å². The van der Waals surface area contributed by atoms with Crippen LogP contribution in [-0.4, -0.2) is 73.5 Å². The number of hydrogen-bond donors (Lipinski definition) is 2. The van der Waals surface area contributed by atoms with Gasteiger partial charge in [0.2, 0.25) is 11.8 Å². The van der Waals surface area contributed by atoms with Crippen molar-refractivity contribution in [1.29, 1.82) is 0 Å². The second kappa shape index (κ2) is 12.0. The summed E-state index contributed by atoms with van der Waals surface area (Å²) >= 11 is 0. The summed E-state index contributed by atoms with van der Waals surface area (Å²) in [6, 6.07) is 11.7. The molecule has 1 unspecified atom stereocenters. The number of methoxy groups -OCH3 is 1. The first-order chi connectivity index (χ1) is 20.3. The molecule has 3 saturated heterocycles. The molecule has 2 aromatic rings. The minimum absolute atomic E-state index is 0.00578. The summed E-state index contributed by atoms with van der Waals surface area (Å²) in [4.78, 5) is 46.3. The van der Waals surface area contributed by atoms with E-state index in [1.165, 1.54) is 32.2 Å². The third-order valence-corrected chi connectivity index (χ3v) is 10.1. The fourth-order valence-corrected chi connectivity index (χ4v) is 7.54. The van der Waals surface area contributed by atoms with E-state index in [1.54, 1.807) is 13.2 Å². The Morgan fingerprint density at radius 1 is 1.07 bits per heavy atom. The number of carbonyl (C=O) groups is 3. The van der Waals surface area contributed by atoms with Crippen molar-refractivity contribution in [3.8, 4) is 5.75 Å². The maximum atomic E-state index is 12.7. The van der Waals surface area contributed by atoms with Crippen molar-refractivity contribution in [1.82, 2.24) is 20.5 Å². The highest BCUT2D eigenvalue weighted by atomic mass is 16.5. The molecule has 1 aromatic carbocycles. The number of anilines is 1. The van der Waals surface area contributed by atoms with Crippen LogP contribution in [0.3, 0.4) is 0 Å². The van der Waals surface area contributed by atoms with E-state index in [4.69, 9.17) is 9.72 Å². The predicted octanol–water partition coefficient (Wildman–Crippen LogP) is 3.81. The van der Waals surface area contributed by atoms with Gasteiger partial charge in [-0.2, -0.15) is 0 Å². The molecule has 1 spiro atoms. The number of carbonyl (C=O) groups excluding carboxylic acids is 3. The van der Waals surface area contributed by atoms with Gasteiger partial charge < -0.3 is 19.9 Å². The zero-order valence-electron chi connectivity index (χ0n) is 24.9. The van der Waals surface area contributed by atoms with Gasteiger partial charge in [-0.3, -0.25) is 24.7 Å². The van der Waals surface area contributed by atoms with Crippen molar-refractivity contribution in [2.45, 2.75) is 70.3 Å². The van der Waals surface area contributed by atoms with Crippen molar-refractivity contribution in [2.24, 2.45) is 11.3 Å². The lowest BCUT2D eigenvalue weighted by atomic mass is 9.60. The van der Waals surface area contributed by atoms with Gasteiger partial charge in [-0.1, -0.05) is 6.07 Å². The average molecular weight is 574 g/mol. The monoisotopic (exact) mass is 573 g/mol. The molecule has 0 bridgehead atoms. The number of piperidine rings is 3. The minimum Gasteiger partial charge on any atom is -0.497 e. The number of ether oxygens (including phenoxy) is 1. The number of rotatable bonds is 7. The van der Waals surface area contributed by atoms with E-state index in [0.29, 0.717) is 35.5 Å². The molecule has 9 nitrogen and oxygen atoms in total. The number of aryl methyl sites for hydroxylation is 1. The molecule has 1 aromatic heterocycles. The van der Waals surface area contributed by atoms with E-state index in [1.807, 2.05) is 31.2 Å². The molecule has 2 N–H and O–H groups in total. The summed E-state index contributed by atoms with van der Waals surface area (Å²) in [5.74, 6) is 0.645. The number of aromatic nitrogens is 1. The molecule has 4 aliphatic rings. The van der Waals surface area contributed by atoms with Crippen LogP contribution >= 0.6 is 0 Å². The molecule has 1 atom stereocenters. The van der Waals surface area contributed by atoms with Crippen LogP contribution in [0, 0.1) is 18.3 Å². The normalized spacial score (nSPS) is 23.4. The lowest BCUT2D eigenvalue weighted by molar-refractivity contribution is -0.134. The van der Waals surface area contributed by atoms with Crippen LogP contribution in [0.2, 0.25) is 0 Å². The fraction of sp³-hybridized carbons (Fsp3) is 0.576. The predicted molar refractivity (Wildman–Crippen MR) is 161 cm³/mol. The second-order valence-corrected chi connectivity index (χ2v) is 12.9. The lowest BCUT2D eigenvalue weighted by Crippen LogP contribution is -2.55. The topological polar surface area (TPSA) is 104 Å². The number of imide groups is 1. The first-order valence-corrected chi connectivity index (χ1v) is 15.5. The minimum atomic E-state index is -0.339. The van der Waals surface area contributed by atoms with Crippen LogP contribution in [0.5, 0.6) is 5.75 Å². The average Bonchev–Trinajstić information content (AvgIpc) is 2.98. The van der Waals surface area contributed by atoms with E-state index in [-0.39, 0.29) is 29.7 Å². The smallest absolute Gasteiger partial charge is 0.251 e. The van der Waals surface area contributed by atoms with Gasteiger partial charge in [0.05, 0.1) is 30.1 Å². The highest BCUT2D eigenvalue weighted by molar-refractivity contribution is 6.00. The van der Waals surface area contributed by atoms with Gasteiger partial charge >= 0.3 is 0 Å². The number of nitrogens with zero attached hydrogens (tertiary/aromatic N) is 3. The third kappa shape index (κ3) is 6.16. The zero-order valence-corrected chi connectivity index (χ0v) is 24.9. The van der Waals surface area contributed by atoms with Crippen LogP contribution in [-0.2, 0) is 9.59 Å². The molecular weight excluding hydrogens is 530 g/mol. The van der Waals surface area contributed by atoms with E-state index >= 15 is 0 Å². The van der Waals surface area contributed by atoms with Crippen LogP contribution in [0.15, 0.2) is 36.4 Å². The van der Waals surface area contributed by atoms with Gasteiger partial charge in [0.25, 0.3) is 5.91 Å². The van der Waals surface area contributed by atoms with Gasteiger partial charge in [-0.15, -0.1) is 0 Å². The molecule has 42 heavy (non-hydrogen) atoms. The molecule has 9 heteroatoms. The van der Waals surface area contributed by atoms with Crippen molar-refractivity contribution < 1.29 is 19.1 Å². The van der Waals surface area contributed by atoms with Gasteiger partial charge in [0, 0.05) is 37.7 Å². The summed E-state index contributed by atoms with van der Waals surface area (Å²) in [5.41, 5.74) is 3.93. The van der Waals surface area contributed by atoms with Crippen molar-refractivity contribution in [3.63, 3.8) is 0 Å². The van der Waals surface area contributed by atoms with Gasteiger partial charge in [0.15, 0.2) is 0 Å². The first-order valence-electron chi connectivity index (χ1n) is 15.5. The Kier molecular flexibility index (Phi) is 8.21. The Morgan fingerprint density at radius 3 is 2.52 bits per heavy atom. The maximum absolute atomic E-state index is 12.7. The molecule has 4 fully saturated rings. The molecule has 3 aliphatic heterocycles. The highest BCUT2D eigenvalue weighted by Gasteiger charge is 2.46. The molecular formula is C33H43N5O4. The standard InChI is InChI=1S/C33H43N5O4/c1-22-29(8-7-28(34-22)27-6-9-30(39)36-32(27)41)38-14-10-23(11-15-38)21-37-16-12-33(13-17-37)19-25(20-33)35-31(40)24-4-3-5-26(18-24)42-2/h3-5,7-8,18,23,25,27H,6,9-17,19-21H2,1-2H3,(H,35,40)(H,36,39,41). The van der Waals surface area contributed by atoms with Crippen molar-refractivity contribution in [3.05, 3.63) is 53.3 Å². The Bertz CT molecular complexity index is 1320. The van der Waals surface area contributed by atoms with Crippen LogP contribution in [0.25, 0.3) is 0 Å². The number of benzene rings is 1. The molecule has 224 valence electrons. The lowest BCUT2D eigenvalue weighted by Gasteiger charge is -2.52. The first kappa shape index (κ1) is 28.6. The number of likely N-dealkylation sites (tertiary alicyclic amines) is 1. The Labute approximate surface area is 248 Å². The van der Waals surface area contributed by atoms with E-state index in [2.05, 4.69) is 26.5 Å². The molecule has 4 heterocycles. The van der Waals surface area contributed by atoms with Crippen LogP contribution < -0.4 is 20.3 Å². The molecule has 0 radical (unpaired) electrons. The summed E-state index contributed by atoms with van der Waals surface area (Å²) in [5, 5.41) is 5.67. The third-order valence-electron chi connectivity index (χ3n) is 10.1. The summed E-state index contributed by atoms with van der Waals surface area (Å²) in [6.07, 6.45) is 7.87. The summed E-state index contributed by atoms with van der Waals surface area (Å²) < 4.78 is 5.25. The summed E-state index contributed by atoms with van der Waals surface area (Å²) in [7, 11) is 1.62. The fourth-order valence-electron chi connectivity index (χ4n) is 7.54. The Balaban J connectivity index is 0.924. The molecule has 6 rings (SSSR count). The number of hydrogen-bond acceptors (Lipinski definition) is 7. The van der Waals surface area contributed by atoms with E-state index in [9.17, 15) is 14.4 Å². The second-order valence-electron chi connectivity index (χ2n) is 12.9. The van der Waals surface area contributed by atoms with Gasteiger partial charge in [-0.05, 0) is 107 Å². The quantitative estimate of drug-likeness (QED) is 0.486. The Morgan fingerprint density at radius 2 is 1.83 bits per heavy atom. The largest absolute Gasteiger partial charge is 0.497 e. The van der Waals surface area contributed by atoms with Crippen LogP contribution in [0.1, 0.15) is 79.0 Å². The van der Waals surface area contributed by atoms with Crippen LogP contribution in [0.4, 0.5) is 5.69 Å².